The van der Waals surface area contributed by atoms with Crippen molar-refractivity contribution in [3.63, 3.8) is 0 Å². The summed E-state index contributed by atoms with van der Waals surface area (Å²) >= 11 is 0. The Hall–Kier alpha value is -7.04. The van der Waals surface area contributed by atoms with Crippen LogP contribution in [0.1, 0.15) is 0 Å². The second-order valence-electron chi connectivity index (χ2n) is 13.4. The van der Waals surface area contributed by atoms with Crippen molar-refractivity contribution in [2.75, 3.05) is 0 Å². The first kappa shape index (κ1) is 28.8. The summed E-state index contributed by atoms with van der Waals surface area (Å²) in [6.45, 7) is 0. The summed E-state index contributed by atoms with van der Waals surface area (Å²) in [5.41, 5.74) is 14.0. The van der Waals surface area contributed by atoms with Crippen LogP contribution in [0.2, 0.25) is 0 Å². The molecule has 0 saturated carbocycles. The van der Waals surface area contributed by atoms with Gasteiger partial charge in [-0.25, -0.2) is 9.97 Å². The lowest BCUT2D eigenvalue weighted by molar-refractivity contribution is 0.668. The number of hydrogen-bond donors (Lipinski definition) is 0. The average molecular weight is 665 g/mol. The zero-order valence-corrected chi connectivity index (χ0v) is 27.9. The van der Waals surface area contributed by atoms with E-state index in [1.807, 2.05) is 24.3 Å². The molecule has 4 nitrogen and oxygen atoms in total. The number of furan rings is 2. The van der Waals surface area contributed by atoms with Crippen LogP contribution in [0.25, 0.3) is 110 Å². The van der Waals surface area contributed by atoms with E-state index < -0.39 is 0 Å². The van der Waals surface area contributed by atoms with Gasteiger partial charge in [-0.05, 0) is 70.8 Å². The lowest BCUT2D eigenvalue weighted by atomic mass is 10.00. The molecule has 242 valence electrons. The van der Waals surface area contributed by atoms with Crippen molar-refractivity contribution in [1.29, 1.82) is 0 Å². The number of nitrogens with zero attached hydrogens (tertiary/aromatic N) is 2. The number of aromatic nitrogens is 2. The molecule has 0 amide bonds. The van der Waals surface area contributed by atoms with Crippen molar-refractivity contribution in [2.24, 2.45) is 0 Å². The molecule has 4 heterocycles. The van der Waals surface area contributed by atoms with Crippen LogP contribution < -0.4 is 0 Å². The molecule has 0 atom stereocenters. The maximum atomic E-state index is 6.04. The molecule has 0 aliphatic heterocycles. The molecule has 52 heavy (non-hydrogen) atoms. The zero-order valence-electron chi connectivity index (χ0n) is 27.9. The fourth-order valence-electron chi connectivity index (χ4n) is 7.57. The minimum atomic E-state index is 0.899. The van der Waals surface area contributed by atoms with E-state index in [0.29, 0.717) is 0 Å². The van der Waals surface area contributed by atoms with Gasteiger partial charge in [-0.1, -0.05) is 121 Å². The second kappa shape index (κ2) is 11.2. The zero-order chi connectivity index (χ0) is 34.2. The number of hydrogen-bond acceptors (Lipinski definition) is 4. The fourth-order valence-corrected chi connectivity index (χ4v) is 7.57. The lowest BCUT2D eigenvalue weighted by Gasteiger charge is -2.09. The molecule has 0 fully saturated rings. The van der Waals surface area contributed by atoms with Gasteiger partial charge in [-0.3, -0.25) is 0 Å². The average Bonchev–Trinajstić information content (AvgIpc) is 3.78. The Balaban J connectivity index is 0.921. The molecule has 7 aromatic carbocycles. The highest BCUT2D eigenvalue weighted by atomic mass is 16.3. The predicted octanol–water partition coefficient (Wildman–Crippen LogP) is 13.2. The van der Waals surface area contributed by atoms with Crippen molar-refractivity contribution < 1.29 is 8.83 Å². The Kier molecular flexibility index (Phi) is 6.22. The fraction of sp³-hybridized carbons (Fsp3) is 0. The van der Waals surface area contributed by atoms with Crippen LogP contribution in [-0.4, -0.2) is 9.97 Å². The number of fused-ring (bicyclic) bond motifs is 9. The standard InChI is InChI=1S/C48H28N2O2/c1-3-7-43-37(5-1)39-27-35(21-25-45(39)51-43)29-9-13-31(14-10-29)41-23-19-33-17-18-34-20-24-42(50-48(34)47(33)49-41)32-15-11-30(12-16-32)36-22-26-46-40(28-36)38-6-2-4-8-44(38)52-46/h1-28H. The van der Waals surface area contributed by atoms with E-state index in [4.69, 9.17) is 18.8 Å². The maximum absolute atomic E-state index is 6.04. The molecule has 11 rings (SSSR count). The topological polar surface area (TPSA) is 52.1 Å². The van der Waals surface area contributed by atoms with E-state index in [0.717, 1.165) is 110 Å². The third kappa shape index (κ3) is 4.62. The van der Waals surface area contributed by atoms with Crippen LogP contribution >= 0.6 is 0 Å². The van der Waals surface area contributed by atoms with Gasteiger partial charge in [0.25, 0.3) is 0 Å². The predicted molar refractivity (Wildman–Crippen MR) is 213 cm³/mol. The van der Waals surface area contributed by atoms with Gasteiger partial charge in [0.15, 0.2) is 0 Å². The summed E-state index contributed by atoms with van der Waals surface area (Å²) in [5.74, 6) is 0. The Bertz CT molecular complexity index is 2950. The summed E-state index contributed by atoms with van der Waals surface area (Å²) in [7, 11) is 0. The largest absolute Gasteiger partial charge is 0.456 e. The number of benzene rings is 7. The molecule has 0 unspecified atom stereocenters. The minimum Gasteiger partial charge on any atom is -0.456 e. The smallest absolute Gasteiger partial charge is 0.135 e. The number of rotatable bonds is 4. The molecule has 4 aromatic heterocycles. The van der Waals surface area contributed by atoms with Crippen LogP contribution in [0.4, 0.5) is 0 Å². The minimum absolute atomic E-state index is 0.899. The monoisotopic (exact) mass is 664 g/mol. The third-order valence-corrected chi connectivity index (χ3v) is 10.3. The SMILES string of the molecule is c1ccc2c(c1)oc1ccc(-c3ccc(-c4ccc5ccc6ccc(-c7ccc(-c8ccc9oc%10ccccc%10c9c8)cc7)nc6c5n4)cc3)cc12. The Morgan fingerprint density at radius 1 is 0.288 bits per heavy atom. The van der Waals surface area contributed by atoms with Crippen LogP contribution in [0.15, 0.2) is 179 Å². The first-order valence-electron chi connectivity index (χ1n) is 17.5. The highest BCUT2D eigenvalue weighted by Crippen LogP contribution is 2.36. The summed E-state index contributed by atoms with van der Waals surface area (Å²) in [4.78, 5) is 10.4. The van der Waals surface area contributed by atoms with Crippen molar-refractivity contribution in [3.8, 4) is 44.8 Å². The molecule has 0 saturated heterocycles. The molecular formula is C48H28N2O2. The summed E-state index contributed by atoms with van der Waals surface area (Å²) in [6.07, 6.45) is 0. The molecule has 0 N–H and O–H groups in total. The highest BCUT2D eigenvalue weighted by Gasteiger charge is 2.12. The Labute approximate surface area is 298 Å². The van der Waals surface area contributed by atoms with E-state index in [-0.39, 0.29) is 0 Å². The van der Waals surface area contributed by atoms with E-state index in [2.05, 4.69) is 146 Å². The van der Waals surface area contributed by atoms with E-state index in [9.17, 15) is 0 Å². The van der Waals surface area contributed by atoms with Crippen molar-refractivity contribution in [1.82, 2.24) is 9.97 Å². The molecule has 0 spiro atoms. The van der Waals surface area contributed by atoms with Crippen LogP contribution in [-0.2, 0) is 0 Å². The van der Waals surface area contributed by atoms with Gasteiger partial charge in [-0.2, -0.15) is 0 Å². The molecule has 0 aliphatic rings. The van der Waals surface area contributed by atoms with Gasteiger partial charge in [-0.15, -0.1) is 0 Å². The Morgan fingerprint density at radius 3 is 1.12 bits per heavy atom. The van der Waals surface area contributed by atoms with Gasteiger partial charge in [0.05, 0.1) is 22.4 Å². The molecule has 0 radical (unpaired) electrons. The summed E-state index contributed by atoms with van der Waals surface area (Å²) in [6, 6.07) is 59.2. The van der Waals surface area contributed by atoms with E-state index in [1.54, 1.807) is 0 Å². The quantitative estimate of drug-likeness (QED) is 0.176. The van der Waals surface area contributed by atoms with Crippen molar-refractivity contribution in [2.45, 2.75) is 0 Å². The van der Waals surface area contributed by atoms with Crippen LogP contribution in [0.3, 0.4) is 0 Å². The number of para-hydroxylation sites is 2. The maximum Gasteiger partial charge on any atom is 0.135 e. The van der Waals surface area contributed by atoms with Crippen LogP contribution in [0.5, 0.6) is 0 Å². The normalized spacial score (nSPS) is 11.8. The van der Waals surface area contributed by atoms with Gasteiger partial charge in [0.1, 0.15) is 22.3 Å². The summed E-state index contributed by atoms with van der Waals surface area (Å²) < 4.78 is 12.1. The molecule has 11 aromatic rings. The van der Waals surface area contributed by atoms with Gasteiger partial charge >= 0.3 is 0 Å². The molecule has 0 bridgehead atoms. The lowest BCUT2D eigenvalue weighted by Crippen LogP contribution is -1.91. The molecular weight excluding hydrogens is 637 g/mol. The van der Waals surface area contributed by atoms with Crippen molar-refractivity contribution >= 4 is 65.7 Å². The van der Waals surface area contributed by atoms with Gasteiger partial charge in [0.2, 0.25) is 0 Å². The van der Waals surface area contributed by atoms with E-state index >= 15 is 0 Å². The first-order valence-corrected chi connectivity index (χ1v) is 17.5. The first-order chi connectivity index (χ1) is 25.7. The van der Waals surface area contributed by atoms with E-state index in [1.165, 1.54) is 0 Å². The van der Waals surface area contributed by atoms with Gasteiger partial charge in [0, 0.05) is 43.4 Å². The second-order valence-corrected chi connectivity index (χ2v) is 13.4. The van der Waals surface area contributed by atoms with Crippen LogP contribution in [0, 0.1) is 0 Å². The summed E-state index contributed by atoms with van der Waals surface area (Å²) in [5, 5.41) is 6.66. The third-order valence-electron chi connectivity index (χ3n) is 10.3. The Morgan fingerprint density at radius 2 is 0.654 bits per heavy atom. The van der Waals surface area contributed by atoms with Gasteiger partial charge < -0.3 is 8.83 Å². The highest BCUT2D eigenvalue weighted by molar-refractivity contribution is 6.08. The molecule has 0 aliphatic carbocycles. The molecule has 4 heteroatoms. The van der Waals surface area contributed by atoms with Crippen molar-refractivity contribution in [3.05, 3.63) is 170 Å². The number of pyridine rings is 2.